The van der Waals surface area contributed by atoms with Gasteiger partial charge in [0.05, 0.1) is 5.56 Å². The number of nitrogens with two attached hydrogens (primary N) is 1. The van der Waals surface area contributed by atoms with E-state index in [2.05, 4.69) is 4.98 Å². The summed E-state index contributed by atoms with van der Waals surface area (Å²) >= 11 is 1.35. The van der Waals surface area contributed by atoms with Crippen molar-refractivity contribution in [3.05, 3.63) is 45.4 Å². The van der Waals surface area contributed by atoms with Crippen LogP contribution in [0.3, 0.4) is 0 Å². The molecule has 1 aromatic carbocycles. The van der Waals surface area contributed by atoms with E-state index in [0.717, 1.165) is 12.0 Å². The summed E-state index contributed by atoms with van der Waals surface area (Å²) in [7, 11) is 0. The second kappa shape index (κ2) is 5.27. The average Bonchev–Trinajstić information content (AvgIpc) is 3.12. The lowest BCUT2D eigenvalue weighted by Crippen LogP contribution is -2.29. The lowest BCUT2D eigenvalue weighted by atomic mass is 10.1. The van der Waals surface area contributed by atoms with Crippen LogP contribution in [0.5, 0.6) is 0 Å². The fraction of sp³-hybridized carbons (Fsp3) is 0.214. The second-order valence-electron chi connectivity index (χ2n) is 4.69. The number of nitrogens with zero attached hydrogens (tertiary/aromatic N) is 2. The van der Waals surface area contributed by atoms with E-state index < -0.39 is 5.97 Å². The third kappa shape index (κ3) is 2.41. The topological polar surface area (TPSA) is 96.5 Å². The Balaban J connectivity index is 1.94. The number of anilines is 1. The van der Waals surface area contributed by atoms with Gasteiger partial charge in [-0.1, -0.05) is 6.07 Å². The van der Waals surface area contributed by atoms with Crippen LogP contribution in [0.15, 0.2) is 23.6 Å². The van der Waals surface area contributed by atoms with Crippen molar-refractivity contribution in [2.75, 3.05) is 11.4 Å². The van der Waals surface area contributed by atoms with E-state index in [-0.39, 0.29) is 11.5 Å². The minimum atomic E-state index is -1.00. The summed E-state index contributed by atoms with van der Waals surface area (Å²) in [5.74, 6) is -1.22. The molecule has 6 nitrogen and oxygen atoms in total. The molecule has 7 heteroatoms. The third-order valence-corrected chi connectivity index (χ3v) is 4.29. The van der Waals surface area contributed by atoms with Crippen LogP contribution < -0.4 is 10.6 Å². The van der Waals surface area contributed by atoms with Crippen molar-refractivity contribution in [3.8, 4) is 0 Å². The average molecular weight is 303 g/mol. The molecule has 0 radical (unpaired) electrons. The van der Waals surface area contributed by atoms with E-state index in [1.165, 1.54) is 11.3 Å². The summed E-state index contributed by atoms with van der Waals surface area (Å²) in [5.41, 5.74) is 7.66. The van der Waals surface area contributed by atoms with E-state index in [1.807, 2.05) is 0 Å². The quantitative estimate of drug-likeness (QED) is 0.895. The summed E-state index contributed by atoms with van der Waals surface area (Å²) < 4.78 is 0. The Hall–Kier alpha value is -2.25. The first-order valence-electron chi connectivity index (χ1n) is 6.42. The smallest absolute Gasteiger partial charge is 0.335 e. The molecule has 1 aliphatic heterocycles. The highest BCUT2D eigenvalue weighted by Crippen LogP contribution is 2.30. The molecule has 0 saturated heterocycles. The molecule has 0 saturated carbocycles. The van der Waals surface area contributed by atoms with Crippen LogP contribution in [-0.4, -0.2) is 28.5 Å². The van der Waals surface area contributed by atoms with Crippen LogP contribution in [0.1, 0.15) is 31.4 Å². The van der Waals surface area contributed by atoms with E-state index in [1.54, 1.807) is 28.5 Å². The molecule has 1 aliphatic rings. The van der Waals surface area contributed by atoms with Crippen molar-refractivity contribution in [3.63, 3.8) is 0 Å². The molecule has 2 heterocycles. The Bertz CT molecular complexity index is 726. The first-order chi connectivity index (χ1) is 10.1. The van der Waals surface area contributed by atoms with Gasteiger partial charge in [-0.3, -0.25) is 4.79 Å². The zero-order chi connectivity index (χ0) is 15.0. The van der Waals surface area contributed by atoms with Crippen LogP contribution in [-0.2, 0) is 13.0 Å². The molecule has 21 heavy (non-hydrogen) atoms. The van der Waals surface area contributed by atoms with Crippen LogP contribution in [0.25, 0.3) is 0 Å². The normalized spacial score (nSPS) is 13.3. The number of carboxylic acid groups (broad SMARTS) is 1. The molecule has 0 unspecified atom stereocenters. The molecule has 0 aliphatic carbocycles. The number of carbonyl (C=O) groups is 2. The van der Waals surface area contributed by atoms with Gasteiger partial charge in [0.15, 0.2) is 0 Å². The van der Waals surface area contributed by atoms with Crippen molar-refractivity contribution in [1.82, 2.24) is 4.98 Å². The zero-order valence-corrected chi connectivity index (χ0v) is 11.9. The van der Waals surface area contributed by atoms with E-state index in [4.69, 9.17) is 10.8 Å². The number of thiazole rings is 1. The lowest BCUT2D eigenvalue weighted by Gasteiger charge is -2.16. The summed E-state index contributed by atoms with van der Waals surface area (Å²) in [6, 6.07) is 4.86. The minimum Gasteiger partial charge on any atom is -0.478 e. The van der Waals surface area contributed by atoms with E-state index in [9.17, 15) is 9.59 Å². The molecular weight excluding hydrogens is 290 g/mol. The Morgan fingerprint density at radius 2 is 2.24 bits per heavy atom. The molecule has 0 atom stereocenters. The maximum atomic E-state index is 12.5. The molecule has 108 valence electrons. The molecule has 3 N–H and O–H groups in total. The lowest BCUT2D eigenvalue weighted by molar-refractivity contribution is 0.0696. The van der Waals surface area contributed by atoms with Gasteiger partial charge in [-0.25, -0.2) is 9.78 Å². The van der Waals surface area contributed by atoms with Crippen LogP contribution in [0.2, 0.25) is 0 Å². The van der Waals surface area contributed by atoms with Crippen molar-refractivity contribution in [1.29, 1.82) is 0 Å². The molecule has 0 spiro atoms. The Labute approximate surface area is 124 Å². The molecule has 0 fully saturated rings. The predicted molar refractivity (Wildman–Crippen MR) is 78.8 cm³/mol. The Kier molecular flexibility index (Phi) is 3.44. The fourth-order valence-corrected chi connectivity index (χ4v) is 3.01. The molecule has 1 aromatic heterocycles. The first-order valence-corrected chi connectivity index (χ1v) is 7.30. The Morgan fingerprint density at radius 1 is 1.43 bits per heavy atom. The van der Waals surface area contributed by atoms with Crippen LogP contribution in [0, 0.1) is 0 Å². The number of hydrogen-bond acceptors (Lipinski definition) is 5. The molecule has 2 aromatic rings. The van der Waals surface area contributed by atoms with Crippen molar-refractivity contribution >= 4 is 28.9 Å². The van der Waals surface area contributed by atoms with Gasteiger partial charge in [0, 0.05) is 24.2 Å². The van der Waals surface area contributed by atoms with E-state index in [0.29, 0.717) is 29.5 Å². The van der Waals surface area contributed by atoms with Gasteiger partial charge in [0.2, 0.25) is 0 Å². The summed E-state index contributed by atoms with van der Waals surface area (Å²) in [6.45, 7) is 0.838. The highest BCUT2D eigenvalue weighted by atomic mass is 32.1. The number of amides is 1. The van der Waals surface area contributed by atoms with Gasteiger partial charge < -0.3 is 15.7 Å². The second-order valence-corrected chi connectivity index (χ2v) is 5.63. The number of fused-ring (bicyclic) bond motifs is 1. The van der Waals surface area contributed by atoms with Gasteiger partial charge in [0.1, 0.15) is 10.7 Å². The summed E-state index contributed by atoms with van der Waals surface area (Å²) in [6.07, 6.45) is 0.717. The third-order valence-electron chi connectivity index (χ3n) is 3.42. The molecular formula is C14H13N3O3S. The number of carbonyl (C=O) groups excluding carboxylic acids is 1. The van der Waals surface area contributed by atoms with Gasteiger partial charge in [-0.2, -0.15) is 0 Å². The zero-order valence-electron chi connectivity index (χ0n) is 11.1. The minimum absolute atomic E-state index is 0.175. The molecule has 1 amide bonds. The van der Waals surface area contributed by atoms with Gasteiger partial charge in [-0.05, 0) is 24.1 Å². The van der Waals surface area contributed by atoms with Crippen molar-refractivity contribution in [2.45, 2.75) is 13.0 Å². The summed E-state index contributed by atoms with van der Waals surface area (Å²) in [4.78, 5) is 29.3. The number of benzene rings is 1. The number of aromatic carboxylic acids is 1. The highest BCUT2D eigenvalue weighted by Gasteiger charge is 2.27. The van der Waals surface area contributed by atoms with Gasteiger partial charge >= 0.3 is 5.97 Å². The monoisotopic (exact) mass is 303 g/mol. The van der Waals surface area contributed by atoms with Crippen LogP contribution >= 0.6 is 11.3 Å². The van der Waals surface area contributed by atoms with E-state index >= 15 is 0 Å². The SMILES string of the molecule is NCc1nc(C(=O)N2CCc3ccc(C(=O)O)cc32)cs1. The standard InChI is InChI=1S/C14H13N3O3S/c15-6-12-16-10(7-21-12)13(18)17-4-3-8-1-2-9(14(19)20)5-11(8)17/h1-2,5,7H,3-4,6,15H2,(H,19,20). The number of aromatic nitrogens is 1. The number of hydrogen-bond donors (Lipinski definition) is 2. The van der Waals surface area contributed by atoms with Crippen molar-refractivity contribution < 1.29 is 14.7 Å². The highest BCUT2D eigenvalue weighted by molar-refractivity contribution is 7.09. The Morgan fingerprint density at radius 3 is 2.90 bits per heavy atom. The molecule has 0 bridgehead atoms. The predicted octanol–water partition coefficient (Wildman–Crippen LogP) is 1.50. The van der Waals surface area contributed by atoms with Gasteiger partial charge in [0.25, 0.3) is 5.91 Å². The molecule has 3 rings (SSSR count). The summed E-state index contributed by atoms with van der Waals surface area (Å²) in [5, 5.41) is 11.5. The fourth-order valence-electron chi connectivity index (χ4n) is 2.36. The van der Waals surface area contributed by atoms with Crippen molar-refractivity contribution in [2.24, 2.45) is 5.73 Å². The maximum Gasteiger partial charge on any atom is 0.335 e. The first kappa shape index (κ1) is 13.7. The number of rotatable bonds is 3. The number of carboxylic acids is 1. The largest absolute Gasteiger partial charge is 0.478 e. The van der Waals surface area contributed by atoms with Gasteiger partial charge in [-0.15, -0.1) is 11.3 Å². The van der Waals surface area contributed by atoms with Crippen LogP contribution in [0.4, 0.5) is 5.69 Å². The maximum absolute atomic E-state index is 12.5.